The molecule has 1 aliphatic rings. The molecule has 1 amide bonds. The van der Waals surface area contributed by atoms with E-state index in [1.165, 1.54) is 36.1 Å². The standard InChI is InChI=1S/C18H14FNO3/c1-11(21)15-16(12-7-9-13(19)10-8-12)20(18(23)17(15)22)14-5-3-2-4-6-14/h2-10,16,22H,1H3. The quantitative estimate of drug-likeness (QED) is 0.946. The van der Waals surface area contributed by atoms with Crippen LogP contribution in [0.25, 0.3) is 0 Å². The van der Waals surface area contributed by atoms with Gasteiger partial charge in [0.2, 0.25) is 0 Å². The lowest BCUT2D eigenvalue weighted by molar-refractivity contribution is -0.117. The Morgan fingerprint density at radius 2 is 1.70 bits per heavy atom. The van der Waals surface area contributed by atoms with Crippen molar-refractivity contribution in [3.8, 4) is 0 Å². The van der Waals surface area contributed by atoms with Gasteiger partial charge in [0.05, 0.1) is 11.6 Å². The van der Waals surface area contributed by atoms with Crippen LogP contribution in [0.4, 0.5) is 10.1 Å². The van der Waals surface area contributed by atoms with E-state index in [0.29, 0.717) is 11.3 Å². The highest BCUT2D eigenvalue weighted by molar-refractivity contribution is 6.16. The van der Waals surface area contributed by atoms with E-state index in [2.05, 4.69) is 0 Å². The minimum Gasteiger partial charge on any atom is -0.503 e. The summed E-state index contributed by atoms with van der Waals surface area (Å²) in [7, 11) is 0. The monoisotopic (exact) mass is 311 g/mol. The molecule has 0 spiro atoms. The van der Waals surface area contributed by atoms with Crippen molar-refractivity contribution in [1.29, 1.82) is 0 Å². The van der Waals surface area contributed by atoms with Crippen molar-refractivity contribution in [2.45, 2.75) is 13.0 Å². The lowest BCUT2D eigenvalue weighted by Gasteiger charge is -2.26. The Labute approximate surface area is 132 Å². The minimum absolute atomic E-state index is 0.0189. The molecule has 116 valence electrons. The molecule has 2 aromatic carbocycles. The molecule has 1 aliphatic heterocycles. The van der Waals surface area contributed by atoms with Gasteiger partial charge in [-0.3, -0.25) is 14.5 Å². The number of carbonyl (C=O) groups excluding carboxylic acids is 2. The molecule has 1 unspecified atom stereocenters. The first-order chi connectivity index (χ1) is 11.0. The Morgan fingerprint density at radius 1 is 1.09 bits per heavy atom. The van der Waals surface area contributed by atoms with Gasteiger partial charge in [-0.2, -0.15) is 0 Å². The summed E-state index contributed by atoms with van der Waals surface area (Å²) >= 11 is 0. The first-order valence-corrected chi connectivity index (χ1v) is 7.09. The van der Waals surface area contributed by atoms with Gasteiger partial charge >= 0.3 is 0 Å². The number of halogens is 1. The average Bonchev–Trinajstić information content (AvgIpc) is 2.81. The highest BCUT2D eigenvalue weighted by atomic mass is 19.1. The summed E-state index contributed by atoms with van der Waals surface area (Å²) in [6, 6.07) is 13.5. The maximum Gasteiger partial charge on any atom is 0.294 e. The zero-order chi connectivity index (χ0) is 16.6. The van der Waals surface area contributed by atoms with Gasteiger partial charge in [-0.15, -0.1) is 0 Å². The number of nitrogens with zero attached hydrogens (tertiary/aromatic N) is 1. The summed E-state index contributed by atoms with van der Waals surface area (Å²) in [5.41, 5.74) is 1.12. The molecule has 5 heteroatoms. The lowest BCUT2D eigenvalue weighted by atomic mass is 9.96. The summed E-state index contributed by atoms with van der Waals surface area (Å²) in [5, 5.41) is 10.1. The van der Waals surface area contributed by atoms with Crippen LogP contribution < -0.4 is 4.90 Å². The summed E-state index contributed by atoms with van der Waals surface area (Å²) in [4.78, 5) is 25.8. The molecule has 3 rings (SSSR count). The van der Waals surface area contributed by atoms with Gasteiger partial charge in [0.1, 0.15) is 5.82 Å². The van der Waals surface area contributed by atoms with E-state index in [1.807, 2.05) is 0 Å². The van der Waals surface area contributed by atoms with E-state index in [1.54, 1.807) is 30.3 Å². The Balaban J connectivity index is 2.17. The number of benzene rings is 2. The summed E-state index contributed by atoms with van der Waals surface area (Å²) < 4.78 is 13.2. The molecule has 0 aromatic heterocycles. The number of aliphatic hydroxyl groups is 1. The van der Waals surface area contributed by atoms with E-state index in [9.17, 15) is 19.1 Å². The van der Waals surface area contributed by atoms with Gasteiger partial charge in [-0.1, -0.05) is 30.3 Å². The van der Waals surface area contributed by atoms with Crippen LogP contribution in [-0.4, -0.2) is 16.8 Å². The van der Waals surface area contributed by atoms with Crippen molar-refractivity contribution < 1.29 is 19.1 Å². The number of anilines is 1. The largest absolute Gasteiger partial charge is 0.503 e. The Hall–Kier alpha value is -2.95. The Morgan fingerprint density at radius 3 is 2.26 bits per heavy atom. The van der Waals surface area contributed by atoms with Crippen LogP contribution in [0.2, 0.25) is 0 Å². The molecule has 1 atom stereocenters. The lowest BCUT2D eigenvalue weighted by Crippen LogP contribution is -2.30. The third-order valence-corrected chi connectivity index (χ3v) is 3.81. The second-order valence-electron chi connectivity index (χ2n) is 5.28. The summed E-state index contributed by atoms with van der Waals surface area (Å²) in [6.45, 7) is 1.30. The molecule has 1 heterocycles. The minimum atomic E-state index is -0.775. The topological polar surface area (TPSA) is 57.6 Å². The van der Waals surface area contributed by atoms with Gasteiger partial charge in [0.15, 0.2) is 11.5 Å². The smallest absolute Gasteiger partial charge is 0.294 e. The van der Waals surface area contributed by atoms with Crippen LogP contribution in [0.5, 0.6) is 0 Å². The number of ketones is 1. The number of rotatable bonds is 3. The molecule has 23 heavy (non-hydrogen) atoms. The first kappa shape index (κ1) is 15.0. The van der Waals surface area contributed by atoms with Crippen LogP contribution in [0, 0.1) is 5.82 Å². The van der Waals surface area contributed by atoms with Gasteiger partial charge < -0.3 is 5.11 Å². The predicted octanol–water partition coefficient (Wildman–Crippen LogP) is 3.31. The second-order valence-corrected chi connectivity index (χ2v) is 5.28. The normalized spacial score (nSPS) is 17.7. The van der Waals surface area contributed by atoms with E-state index in [4.69, 9.17) is 0 Å². The molecule has 0 radical (unpaired) electrons. The van der Waals surface area contributed by atoms with Crippen LogP contribution >= 0.6 is 0 Å². The molecular formula is C18H14FNO3. The molecule has 0 fully saturated rings. The SMILES string of the molecule is CC(=O)C1=C(O)C(=O)N(c2ccccc2)C1c1ccc(F)cc1. The zero-order valence-electron chi connectivity index (χ0n) is 12.4. The number of para-hydroxylation sites is 1. The summed E-state index contributed by atoms with van der Waals surface area (Å²) in [5.74, 6) is -2.02. The first-order valence-electron chi connectivity index (χ1n) is 7.09. The van der Waals surface area contributed by atoms with Gasteiger partial charge in [-0.05, 0) is 36.8 Å². The molecule has 0 bridgehead atoms. The van der Waals surface area contributed by atoms with Crippen molar-refractivity contribution in [2.24, 2.45) is 0 Å². The number of Topliss-reactive ketones (excluding diaryl/α,β-unsaturated/α-hetero) is 1. The molecular weight excluding hydrogens is 297 g/mol. The highest BCUT2D eigenvalue weighted by Crippen LogP contribution is 2.40. The third kappa shape index (κ3) is 2.50. The summed E-state index contributed by atoms with van der Waals surface area (Å²) in [6.07, 6.45) is 0. The Bertz CT molecular complexity index is 797. The van der Waals surface area contributed by atoms with E-state index in [-0.39, 0.29) is 5.57 Å². The maximum atomic E-state index is 13.2. The number of hydrogen-bond donors (Lipinski definition) is 1. The van der Waals surface area contributed by atoms with Crippen molar-refractivity contribution in [3.05, 3.63) is 77.3 Å². The molecule has 2 aromatic rings. The van der Waals surface area contributed by atoms with Gasteiger partial charge in [-0.25, -0.2) is 4.39 Å². The zero-order valence-corrected chi connectivity index (χ0v) is 12.4. The fourth-order valence-electron chi connectivity index (χ4n) is 2.78. The average molecular weight is 311 g/mol. The van der Waals surface area contributed by atoms with E-state index >= 15 is 0 Å². The highest BCUT2D eigenvalue weighted by Gasteiger charge is 2.43. The molecule has 0 saturated heterocycles. The number of amides is 1. The Kier molecular flexibility index (Phi) is 3.70. The second kappa shape index (κ2) is 5.68. The van der Waals surface area contributed by atoms with Crippen LogP contribution in [0.1, 0.15) is 18.5 Å². The third-order valence-electron chi connectivity index (χ3n) is 3.81. The molecule has 4 nitrogen and oxygen atoms in total. The van der Waals surface area contributed by atoms with Crippen LogP contribution in [0.3, 0.4) is 0 Å². The molecule has 1 N–H and O–H groups in total. The van der Waals surface area contributed by atoms with Crippen LogP contribution in [0.15, 0.2) is 65.9 Å². The van der Waals surface area contributed by atoms with Crippen molar-refractivity contribution >= 4 is 17.4 Å². The van der Waals surface area contributed by atoms with Crippen molar-refractivity contribution in [3.63, 3.8) is 0 Å². The van der Waals surface area contributed by atoms with E-state index < -0.39 is 29.3 Å². The van der Waals surface area contributed by atoms with Crippen LogP contribution in [-0.2, 0) is 9.59 Å². The molecule has 0 aliphatic carbocycles. The number of hydrogen-bond acceptors (Lipinski definition) is 3. The fraction of sp³-hybridized carbons (Fsp3) is 0.111. The van der Waals surface area contributed by atoms with Crippen molar-refractivity contribution in [2.75, 3.05) is 4.90 Å². The predicted molar refractivity (Wildman–Crippen MR) is 83.4 cm³/mol. The van der Waals surface area contributed by atoms with Gasteiger partial charge in [0, 0.05) is 5.69 Å². The maximum absolute atomic E-state index is 13.2. The molecule has 0 saturated carbocycles. The van der Waals surface area contributed by atoms with Gasteiger partial charge in [0.25, 0.3) is 5.91 Å². The number of carbonyl (C=O) groups is 2. The fourth-order valence-corrected chi connectivity index (χ4v) is 2.78. The number of aliphatic hydroxyl groups excluding tert-OH is 1. The van der Waals surface area contributed by atoms with Crippen molar-refractivity contribution in [1.82, 2.24) is 0 Å². The van der Waals surface area contributed by atoms with E-state index in [0.717, 1.165) is 0 Å².